The zero-order chi connectivity index (χ0) is 14.4. The molecule has 1 N–H and O–H groups in total. The van der Waals surface area contributed by atoms with Crippen LogP contribution >= 0.6 is 0 Å². The molecule has 1 atom stereocenters. The van der Waals surface area contributed by atoms with Gasteiger partial charge in [0, 0.05) is 18.6 Å². The summed E-state index contributed by atoms with van der Waals surface area (Å²) in [5.74, 6) is -1.94. The Kier molecular flexibility index (Phi) is 5.00. The van der Waals surface area contributed by atoms with Crippen LogP contribution in [0.15, 0.2) is 23.4 Å². The minimum Gasteiger partial charge on any atom is -0.395 e. The largest absolute Gasteiger partial charge is 0.395 e. The SMILES string of the molecule is O=C(/C=N/OCC1CCOC1)Nc1ccc(F)cc1F. The van der Waals surface area contributed by atoms with E-state index < -0.39 is 17.5 Å². The fourth-order valence-corrected chi connectivity index (χ4v) is 1.70. The molecular formula is C13H14F2N2O3. The number of amides is 1. The zero-order valence-electron chi connectivity index (χ0n) is 10.6. The number of carbonyl (C=O) groups excluding carboxylic acids is 1. The van der Waals surface area contributed by atoms with E-state index >= 15 is 0 Å². The Balaban J connectivity index is 1.76. The van der Waals surface area contributed by atoms with Gasteiger partial charge in [-0.05, 0) is 18.6 Å². The average molecular weight is 284 g/mol. The van der Waals surface area contributed by atoms with E-state index in [9.17, 15) is 13.6 Å². The average Bonchev–Trinajstić information content (AvgIpc) is 2.91. The van der Waals surface area contributed by atoms with Crippen LogP contribution in [0.5, 0.6) is 0 Å². The van der Waals surface area contributed by atoms with Gasteiger partial charge < -0.3 is 14.9 Å². The minimum atomic E-state index is -0.851. The molecule has 1 fully saturated rings. The van der Waals surface area contributed by atoms with E-state index in [1.54, 1.807) is 0 Å². The third kappa shape index (κ3) is 4.27. The summed E-state index contributed by atoms with van der Waals surface area (Å²) in [6.45, 7) is 1.71. The number of carbonyl (C=O) groups is 1. The van der Waals surface area contributed by atoms with E-state index in [0.29, 0.717) is 25.9 Å². The molecule has 2 rings (SSSR count). The van der Waals surface area contributed by atoms with Gasteiger partial charge in [0.15, 0.2) is 0 Å². The van der Waals surface area contributed by atoms with E-state index in [0.717, 1.165) is 24.8 Å². The molecule has 0 bridgehead atoms. The van der Waals surface area contributed by atoms with Gasteiger partial charge >= 0.3 is 0 Å². The van der Waals surface area contributed by atoms with E-state index in [-0.39, 0.29) is 11.6 Å². The molecule has 1 aliphatic heterocycles. The molecule has 1 amide bonds. The highest BCUT2D eigenvalue weighted by Gasteiger charge is 2.15. The second-order valence-corrected chi connectivity index (χ2v) is 4.37. The van der Waals surface area contributed by atoms with Crippen molar-refractivity contribution < 1.29 is 23.1 Å². The number of nitrogens with zero attached hydrogens (tertiary/aromatic N) is 1. The molecule has 0 saturated carbocycles. The molecule has 1 heterocycles. The second kappa shape index (κ2) is 6.95. The first kappa shape index (κ1) is 14.4. The highest BCUT2D eigenvalue weighted by atomic mass is 19.1. The fourth-order valence-electron chi connectivity index (χ4n) is 1.70. The highest BCUT2D eigenvalue weighted by Crippen LogP contribution is 2.14. The van der Waals surface area contributed by atoms with Crippen molar-refractivity contribution in [1.82, 2.24) is 0 Å². The van der Waals surface area contributed by atoms with Gasteiger partial charge in [0.1, 0.15) is 24.5 Å². The number of anilines is 1. The van der Waals surface area contributed by atoms with Gasteiger partial charge in [0.25, 0.3) is 5.91 Å². The monoisotopic (exact) mass is 284 g/mol. The van der Waals surface area contributed by atoms with Gasteiger partial charge in [0.2, 0.25) is 0 Å². The maximum Gasteiger partial charge on any atom is 0.270 e. The first-order chi connectivity index (χ1) is 9.65. The van der Waals surface area contributed by atoms with E-state index in [2.05, 4.69) is 10.5 Å². The summed E-state index contributed by atoms with van der Waals surface area (Å²) < 4.78 is 31.1. The van der Waals surface area contributed by atoms with E-state index in [1.165, 1.54) is 0 Å². The van der Waals surface area contributed by atoms with E-state index in [4.69, 9.17) is 9.57 Å². The predicted octanol–water partition coefficient (Wildman–Crippen LogP) is 1.94. The Morgan fingerprint density at radius 1 is 1.55 bits per heavy atom. The molecule has 20 heavy (non-hydrogen) atoms. The van der Waals surface area contributed by atoms with Crippen LogP contribution in [0.2, 0.25) is 0 Å². The molecule has 1 saturated heterocycles. The van der Waals surface area contributed by atoms with Crippen molar-refractivity contribution in [3.05, 3.63) is 29.8 Å². The smallest absolute Gasteiger partial charge is 0.270 e. The molecule has 0 aromatic heterocycles. The molecule has 0 radical (unpaired) electrons. The summed E-state index contributed by atoms with van der Waals surface area (Å²) in [6.07, 6.45) is 1.81. The number of hydrogen-bond acceptors (Lipinski definition) is 4. The maximum atomic E-state index is 13.3. The predicted molar refractivity (Wildman–Crippen MR) is 68.4 cm³/mol. The molecule has 1 unspecified atom stereocenters. The van der Waals surface area contributed by atoms with Crippen LogP contribution in [0.25, 0.3) is 0 Å². The van der Waals surface area contributed by atoms with Crippen molar-refractivity contribution in [3.63, 3.8) is 0 Å². The summed E-state index contributed by atoms with van der Waals surface area (Å²) in [5.41, 5.74) is -0.118. The summed E-state index contributed by atoms with van der Waals surface area (Å²) in [4.78, 5) is 16.4. The number of hydrogen-bond donors (Lipinski definition) is 1. The molecule has 0 spiro atoms. The first-order valence-electron chi connectivity index (χ1n) is 6.14. The van der Waals surface area contributed by atoms with Crippen LogP contribution in [-0.4, -0.2) is 31.9 Å². The Morgan fingerprint density at radius 3 is 3.10 bits per heavy atom. The molecule has 0 aliphatic carbocycles. The van der Waals surface area contributed by atoms with Crippen LogP contribution < -0.4 is 5.32 Å². The minimum absolute atomic E-state index is 0.118. The molecule has 108 valence electrons. The van der Waals surface area contributed by atoms with E-state index in [1.807, 2.05) is 0 Å². The quantitative estimate of drug-likeness (QED) is 0.664. The Labute approximate surface area is 114 Å². The van der Waals surface area contributed by atoms with Gasteiger partial charge in [-0.2, -0.15) is 0 Å². The summed E-state index contributed by atoms with van der Waals surface area (Å²) in [5, 5.41) is 5.72. The lowest BCUT2D eigenvalue weighted by atomic mass is 10.1. The third-order valence-corrected chi connectivity index (χ3v) is 2.77. The van der Waals surface area contributed by atoms with Crippen molar-refractivity contribution >= 4 is 17.8 Å². The number of halogens is 2. The molecular weight excluding hydrogens is 270 g/mol. The number of benzene rings is 1. The van der Waals surface area contributed by atoms with Crippen molar-refractivity contribution in [2.24, 2.45) is 11.1 Å². The van der Waals surface area contributed by atoms with Crippen molar-refractivity contribution in [2.75, 3.05) is 25.1 Å². The lowest BCUT2D eigenvalue weighted by Crippen LogP contribution is -2.14. The molecule has 1 aromatic carbocycles. The number of oxime groups is 1. The maximum absolute atomic E-state index is 13.3. The first-order valence-corrected chi connectivity index (χ1v) is 6.14. The Hall–Kier alpha value is -2.02. The topological polar surface area (TPSA) is 59.9 Å². The van der Waals surface area contributed by atoms with Gasteiger partial charge in [-0.1, -0.05) is 5.16 Å². The Bertz CT molecular complexity index is 502. The normalized spacial score (nSPS) is 18.4. The highest BCUT2D eigenvalue weighted by molar-refractivity contribution is 6.31. The van der Waals surface area contributed by atoms with Crippen LogP contribution in [0.3, 0.4) is 0 Å². The standard InChI is InChI=1S/C13H14F2N2O3/c14-10-1-2-12(11(15)5-10)17-13(18)6-16-20-8-9-3-4-19-7-9/h1-2,5-6,9H,3-4,7-8H2,(H,17,18)/b16-6+. The molecule has 1 aliphatic rings. The summed E-state index contributed by atoms with van der Waals surface area (Å²) >= 11 is 0. The molecule has 5 nitrogen and oxygen atoms in total. The lowest BCUT2D eigenvalue weighted by Gasteiger charge is -2.05. The van der Waals surface area contributed by atoms with Crippen LogP contribution in [0, 0.1) is 17.6 Å². The zero-order valence-corrected chi connectivity index (χ0v) is 10.6. The van der Waals surface area contributed by atoms with Crippen molar-refractivity contribution in [2.45, 2.75) is 6.42 Å². The third-order valence-electron chi connectivity index (χ3n) is 2.77. The summed E-state index contributed by atoms with van der Waals surface area (Å²) in [7, 11) is 0. The van der Waals surface area contributed by atoms with Gasteiger partial charge in [-0.3, -0.25) is 4.79 Å². The van der Waals surface area contributed by atoms with Gasteiger partial charge in [-0.15, -0.1) is 0 Å². The van der Waals surface area contributed by atoms with Crippen molar-refractivity contribution in [3.8, 4) is 0 Å². The molecule has 7 heteroatoms. The lowest BCUT2D eigenvalue weighted by molar-refractivity contribution is -0.110. The Morgan fingerprint density at radius 2 is 2.40 bits per heavy atom. The van der Waals surface area contributed by atoms with Crippen molar-refractivity contribution in [1.29, 1.82) is 0 Å². The molecule has 1 aromatic rings. The van der Waals surface area contributed by atoms with Crippen LogP contribution in [-0.2, 0) is 14.4 Å². The number of ether oxygens (including phenoxy) is 1. The number of nitrogens with one attached hydrogen (secondary N) is 1. The fraction of sp³-hybridized carbons (Fsp3) is 0.385. The second-order valence-electron chi connectivity index (χ2n) is 4.37. The summed E-state index contributed by atoms with van der Waals surface area (Å²) in [6, 6.07) is 2.86. The van der Waals surface area contributed by atoms with Gasteiger partial charge in [-0.25, -0.2) is 8.78 Å². The van der Waals surface area contributed by atoms with Gasteiger partial charge in [0.05, 0.1) is 12.3 Å². The van der Waals surface area contributed by atoms with Crippen LogP contribution in [0.4, 0.5) is 14.5 Å². The van der Waals surface area contributed by atoms with Crippen LogP contribution in [0.1, 0.15) is 6.42 Å². The number of rotatable bonds is 5.